The van der Waals surface area contributed by atoms with Gasteiger partial charge in [0.1, 0.15) is 17.3 Å². The zero-order valence-electron chi connectivity index (χ0n) is 21.8. The lowest BCUT2D eigenvalue weighted by atomic mass is 9.93. The maximum atomic E-state index is 14.1. The molecule has 4 rings (SSSR count). The maximum Gasteiger partial charge on any atom is 0.354 e. The maximum absolute atomic E-state index is 14.1. The normalized spacial score (nSPS) is 18.6. The largest absolute Gasteiger partial charge is 0.497 e. The van der Waals surface area contributed by atoms with Crippen molar-refractivity contribution in [3.8, 4) is 5.75 Å². The fourth-order valence-corrected chi connectivity index (χ4v) is 5.07. The Balaban J connectivity index is 1.60. The van der Waals surface area contributed by atoms with E-state index in [1.54, 1.807) is 13.2 Å². The molecule has 7 heteroatoms. The molecule has 0 radical (unpaired) electrons. The Labute approximate surface area is 217 Å². The number of halogens is 1. The summed E-state index contributed by atoms with van der Waals surface area (Å²) >= 11 is 0. The van der Waals surface area contributed by atoms with E-state index in [1.807, 2.05) is 49.1 Å². The Morgan fingerprint density at radius 1 is 1.19 bits per heavy atom. The summed E-state index contributed by atoms with van der Waals surface area (Å²) in [6.45, 7) is 4.62. The van der Waals surface area contributed by atoms with Crippen LogP contribution < -0.4 is 4.74 Å². The molecule has 37 heavy (non-hydrogen) atoms. The molecule has 1 aliphatic heterocycles. The number of carbonyl (C=O) groups is 2. The highest BCUT2D eigenvalue weighted by Gasteiger charge is 2.53. The van der Waals surface area contributed by atoms with Crippen molar-refractivity contribution in [3.63, 3.8) is 0 Å². The number of aliphatic imine (C=N–C) groups is 1. The van der Waals surface area contributed by atoms with Crippen molar-refractivity contribution in [2.75, 3.05) is 20.2 Å². The van der Waals surface area contributed by atoms with Crippen LogP contribution in [0.1, 0.15) is 57.1 Å². The van der Waals surface area contributed by atoms with Gasteiger partial charge in [-0.05, 0) is 92.3 Å². The first kappa shape index (κ1) is 26.6. The molecule has 2 aromatic carbocycles. The Morgan fingerprint density at radius 2 is 1.92 bits per heavy atom. The zero-order valence-corrected chi connectivity index (χ0v) is 21.8. The summed E-state index contributed by atoms with van der Waals surface area (Å²) in [6.07, 6.45) is 4.28. The molecule has 1 atom stereocenters. The molecule has 0 spiro atoms. The third-order valence-electron chi connectivity index (χ3n) is 7.61. The van der Waals surface area contributed by atoms with Gasteiger partial charge in [0.05, 0.1) is 19.1 Å². The number of benzene rings is 2. The molecule has 1 aliphatic carbocycles. The molecule has 1 saturated carbocycles. The fourth-order valence-electron chi connectivity index (χ4n) is 5.07. The van der Waals surface area contributed by atoms with Gasteiger partial charge in [0, 0.05) is 12.3 Å². The summed E-state index contributed by atoms with van der Waals surface area (Å²) in [4.78, 5) is 32.4. The molecule has 1 heterocycles. The van der Waals surface area contributed by atoms with Gasteiger partial charge in [-0.25, -0.2) is 14.2 Å². The number of aliphatic carboxylic acids is 1. The predicted molar refractivity (Wildman–Crippen MR) is 141 cm³/mol. The minimum absolute atomic E-state index is 0.0358. The molecule has 2 aliphatic rings. The molecule has 1 amide bonds. The molecule has 0 saturated heterocycles. The molecular weight excluding hydrogens is 471 g/mol. The van der Waals surface area contributed by atoms with Crippen LogP contribution in [0.5, 0.6) is 5.75 Å². The minimum atomic E-state index is -1.04. The smallest absolute Gasteiger partial charge is 0.354 e. The van der Waals surface area contributed by atoms with E-state index in [4.69, 9.17) is 4.74 Å². The Bertz CT molecular complexity index is 1210. The average molecular weight is 507 g/mol. The van der Waals surface area contributed by atoms with E-state index in [2.05, 4.69) is 4.99 Å². The van der Waals surface area contributed by atoms with Crippen molar-refractivity contribution in [1.29, 1.82) is 0 Å². The average Bonchev–Trinajstić information content (AvgIpc) is 3.71. The zero-order chi connectivity index (χ0) is 26.6. The Kier molecular flexibility index (Phi) is 8.10. The predicted octanol–water partition coefficient (Wildman–Crippen LogP) is 5.56. The SMILES string of the molecule is COc1ccc(C2(C(=O)N(CCCc3cccc(F)c3)CC3=NC(C(=O)O)=C(C)CC[C@H]3C)CC2)cc1. The number of aryl methyl sites for hydroxylation is 1. The van der Waals surface area contributed by atoms with E-state index in [0.29, 0.717) is 25.8 Å². The number of carboxylic acid groups (broad SMARTS) is 1. The molecule has 196 valence electrons. The Morgan fingerprint density at radius 3 is 2.54 bits per heavy atom. The van der Waals surface area contributed by atoms with Gasteiger partial charge in [-0.15, -0.1) is 0 Å². The summed E-state index contributed by atoms with van der Waals surface area (Å²) in [5.41, 5.74) is 2.83. The number of carboxylic acids is 1. The highest BCUT2D eigenvalue weighted by atomic mass is 19.1. The quantitative estimate of drug-likeness (QED) is 0.458. The van der Waals surface area contributed by atoms with Gasteiger partial charge >= 0.3 is 5.97 Å². The molecule has 0 aromatic heterocycles. The van der Waals surface area contributed by atoms with Gasteiger partial charge in [0.2, 0.25) is 5.91 Å². The number of rotatable bonds is 10. The lowest BCUT2D eigenvalue weighted by molar-refractivity contribution is -0.133. The van der Waals surface area contributed by atoms with Crippen LogP contribution in [-0.2, 0) is 21.4 Å². The Hall–Kier alpha value is -3.48. The highest BCUT2D eigenvalue weighted by molar-refractivity contribution is 5.99. The molecule has 1 fully saturated rings. The molecular formula is C30H35FN2O4. The second-order valence-electron chi connectivity index (χ2n) is 10.2. The summed E-state index contributed by atoms with van der Waals surface area (Å²) in [5.74, 6) is -0.476. The van der Waals surface area contributed by atoms with Gasteiger partial charge < -0.3 is 14.7 Å². The van der Waals surface area contributed by atoms with E-state index in [0.717, 1.165) is 47.4 Å². The number of nitrogens with zero attached hydrogens (tertiary/aromatic N) is 2. The van der Waals surface area contributed by atoms with Crippen molar-refractivity contribution >= 4 is 17.6 Å². The molecule has 1 N–H and O–H groups in total. The first-order valence-corrected chi connectivity index (χ1v) is 12.9. The van der Waals surface area contributed by atoms with Gasteiger partial charge in [-0.2, -0.15) is 0 Å². The van der Waals surface area contributed by atoms with Crippen molar-refractivity contribution in [2.45, 2.75) is 57.8 Å². The van der Waals surface area contributed by atoms with Crippen molar-refractivity contribution in [1.82, 2.24) is 4.90 Å². The van der Waals surface area contributed by atoms with Crippen LogP contribution in [0.3, 0.4) is 0 Å². The van der Waals surface area contributed by atoms with Crippen LogP contribution in [0.4, 0.5) is 4.39 Å². The van der Waals surface area contributed by atoms with Crippen LogP contribution in [0.2, 0.25) is 0 Å². The number of hydrogen-bond donors (Lipinski definition) is 1. The summed E-state index contributed by atoms with van der Waals surface area (Å²) in [7, 11) is 1.61. The number of ether oxygens (including phenoxy) is 1. The minimum Gasteiger partial charge on any atom is -0.497 e. The van der Waals surface area contributed by atoms with Crippen LogP contribution in [0, 0.1) is 11.7 Å². The monoisotopic (exact) mass is 506 g/mol. The van der Waals surface area contributed by atoms with Gasteiger partial charge in [-0.3, -0.25) is 4.79 Å². The summed E-state index contributed by atoms with van der Waals surface area (Å²) in [6, 6.07) is 14.2. The third-order valence-corrected chi connectivity index (χ3v) is 7.61. The van der Waals surface area contributed by atoms with E-state index >= 15 is 0 Å². The molecule has 2 aromatic rings. The molecule has 6 nitrogen and oxygen atoms in total. The van der Waals surface area contributed by atoms with Gasteiger partial charge in [0.25, 0.3) is 0 Å². The second-order valence-corrected chi connectivity index (χ2v) is 10.2. The van der Waals surface area contributed by atoms with E-state index in [9.17, 15) is 19.1 Å². The van der Waals surface area contributed by atoms with Crippen LogP contribution in [0.15, 0.2) is 64.8 Å². The lowest BCUT2D eigenvalue weighted by Gasteiger charge is -2.29. The standard InChI is InChI=1S/C30H35FN2O4/c1-20-9-10-21(2)27(28(34)35)32-26(20)19-33(17-5-7-22-6-4-8-24(31)18-22)29(36)30(15-16-30)23-11-13-25(37-3)14-12-23/h4,6,8,11-14,18,20H,5,7,9-10,15-17,19H2,1-3H3,(H,34,35)/t20-/m1/s1. The summed E-state index contributed by atoms with van der Waals surface area (Å²) < 4.78 is 19.0. The highest BCUT2D eigenvalue weighted by Crippen LogP contribution is 2.50. The third kappa shape index (κ3) is 6.09. The number of methoxy groups -OCH3 is 1. The number of allylic oxidation sites excluding steroid dienone is 1. The first-order valence-electron chi connectivity index (χ1n) is 12.9. The summed E-state index contributed by atoms with van der Waals surface area (Å²) in [5, 5.41) is 9.72. The molecule has 0 unspecified atom stereocenters. The van der Waals surface area contributed by atoms with Gasteiger partial charge in [0.15, 0.2) is 0 Å². The number of hydrogen-bond acceptors (Lipinski definition) is 4. The van der Waals surface area contributed by atoms with Crippen LogP contribution in [0.25, 0.3) is 0 Å². The molecule has 0 bridgehead atoms. The van der Waals surface area contributed by atoms with E-state index in [-0.39, 0.29) is 29.9 Å². The van der Waals surface area contributed by atoms with E-state index < -0.39 is 11.4 Å². The topological polar surface area (TPSA) is 79.2 Å². The van der Waals surface area contributed by atoms with Gasteiger partial charge in [-0.1, -0.05) is 31.2 Å². The van der Waals surface area contributed by atoms with Crippen LogP contribution in [-0.4, -0.2) is 47.8 Å². The second kappa shape index (κ2) is 11.3. The van der Waals surface area contributed by atoms with E-state index in [1.165, 1.54) is 12.1 Å². The lowest BCUT2D eigenvalue weighted by Crippen LogP contribution is -2.44. The fraction of sp³-hybridized carbons (Fsp3) is 0.433. The number of carbonyl (C=O) groups excluding carboxylic acids is 1. The van der Waals surface area contributed by atoms with Crippen molar-refractivity contribution < 1.29 is 23.8 Å². The van der Waals surface area contributed by atoms with Crippen LogP contribution >= 0.6 is 0 Å². The van der Waals surface area contributed by atoms with Crippen molar-refractivity contribution in [3.05, 3.63) is 76.7 Å². The van der Waals surface area contributed by atoms with Crippen molar-refractivity contribution in [2.24, 2.45) is 10.9 Å². The first-order chi connectivity index (χ1) is 17.7. The number of amides is 1.